The number of rotatable bonds is 4. The number of anilines is 1. The predicted octanol–water partition coefficient (Wildman–Crippen LogP) is 0.0470. The van der Waals surface area contributed by atoms with E-state index in [1.54, 1.807) is 0 Å². The number of primary amides is 1. The standard InChI is InChI=1S/C12H16F3N5O2/c1-19-4-7(8(5-19)12(13,14)15)11(22)17-10-2-3-20(18-10)6-9(16)21/h2-3,7-8H,4-6H2,1H3,(H2,16,21)(H,17,18,22)/t7-,8-/m1/s1. The van der Waals surface area contributed by atoms with Crippen LogP contribution in [-0.4, -0.2) is 52.8 Å². The Morgan fingerprint density at radius 3 is 2.73 bits per heavy atom. The molecule has 0 aliphatic carbocycles. The lowest BCUT2D eigenvalue weighted by atomic mass is 9.94. The van der Waals surface area contributed by atoms with E-state index >= 15 is 0 Å². The van der Waals surface area contributed by atoms with Gasteiger partial charge < -0.3 is 16.0 Å². The number of carbonyl (C=O) groups is 2. The molecule has 7 nitrogen and oxygen atoms in total. The zero-order chi connectivity index (χ0) is 16.5. The molecule has 22 heavy (non-hydrogen) atoms. The summed E-state index contributed by atoms with van der Waals surface area (Å²) in [6.07, 6.45) is -3.03. The van der Waals surface area contributed by atoms with Crippen LogP contribution in [0.3, 0.4) is 0 Å². The molecule has 2 amide bonds. The van der Waals surface area contributed by atoms with Gasteiger partial charge in [0, 0.05) is 25.4 Å². The highest BCUT2D eigenvalue weighted by Gasteiger charge is 2.51. The van der Waals surface area contributed by atoms with Gasteiger partial charge in [-0.2, -0.15) is 18.3 Å². The van der Waals surface area contributed by atoms with E-state index in [-0.39, 0.29) is 25.5 Å². The lowest BCUT2D eigenvalue weighted by Crippen LogP contribution is -2.36. The second kappa shape index (κ2) is 5.95. The number of nitrogens with one attached hydrogen (secondary N) is 1. The summed E-state index contributed by atoms with van der Waals surface area (Å²) in [7, 11) is 1.54. The average molecular weight is 319 g/mol. The zero-order valence-corrected chi connectivity index (χ0v) is 11.8. The maximum Gasteiger partial charge on any atom is 0.393 e. The molecule has 10 heteroatoms. The van der Waals surface area contributed by atoms with Crippen molar-refractivity contribution in [1.29, 1.82) is 0 Å². The third-order valence-corrected chi connectivity index (χ3v) is 3.47. The number of amides is 2. The second-order valence-electron chi connectivity index (χ2n) is 5.33. The SMILES string of the molecule is CN1C[C@@H](C(F)(F)F)[C@H](C(=O)Nc2ccn(CC(N)=O)n2)C1. The molecule has 0 bridgehead atoms. The Bertz CT molecular complexity index is 571. The molecular formula is C12H16F3N5O2. The van der Waals surface area contributed by atoms with Gasteiger partial charge in [-0.1, -0.05) is 0 Å². The summed E-state index contributed by atoms with van der Waals surface area (Å²) >= 11 is 0. The maximum absolute atomic E-state index is 13.0. The van der Waals surface area contributed by atoms with Crippen LogP contribution >= 0.6 is 0 Å². The lowest BCUT2D eigenvalue weighted by Gasteiger charge is -2.20. The van der Waals surface area contributed by atoms with Crippen molar-refractivity contribution >= 4 is 17.6 Å². The fraction of sp³-hybridized carbons (Fsp3) is 0.583. The molecule has 2 atom stereocenters. The number of hydrogen-bond acceptors (Lipinski definition) is 4. The van der Waals surface area contributed by atoms with Crippen LogP contribution in [0.25, 0.3) is 0 Å². The third-order valence-electron chi connectivity index (χ3n) is 3.47. The normalized spacial score (nSPS) is 22.7. The van der Waals surface area contributed by atoms with Crippen molar-refractivity contribution in [3.63, 3.8) is 0 Å². The van der Waals surface area contributed by atoms with Gasteiger partial charge in [-0.05, 0) is 7.05 Å². The number of halogens is 3. The first-order valence-corrected chi connectivity index (χ1v) is 6.54. The van der Waals surface area contributed by atoms with Gasteiger partial charge in [-0.15, -0.1) is 0 Å². The Morgan fingerprint density at radius 2 is 2.14 bits per heavy atom. The summed E-state index contributed by atoms with van der Waals surface area (Å²) in [5.41, 5.74) is 5.00. The molecule has 0 unspecified atom stereocenters. The predicted molar refractivity (Wildman–Crippen MR) is 70.6 cm³/mol. The largest absolute Gasteiger partial charge is 0.393 e. The highest BCUT2D eigenvalue weighted by molar-refractivity contribution is 5.92. The van der Waals surface area contributed by atoms with Crippen LogP contribution in [0.15, 0.2) is 12.3 Å². The fourth-order valence-corrected chi connectivity index (χ4v) is 2.49. The number of likely N-dealkylation sites (tertiary alicyclic amines) is 1. The van der Waals surface area contributed by atoms with Gasteiger partial charge in [0.1, 0.15) is 6.54 Å². The van der Waals surface area contributed by atoms with Crippen LogP contribution in [0.5, 0.6) is 0 Å². The summed E-state index contributed by atoms with van der Waals surface area (Å²) in [5, 5.41) is 6.21. The second-order valence-corrected chi connectivity index (χ2v) is 5.33. The molecule has 1 fully saturated rings. The lowest BCUT2D eigenvalue weighted by molar-refractivity contribution is -0.182. The van der Waals surface area contributed by atoms with Crippen molar-refractivity contribution in [2.45, 2.75) is 12.7 Å². The minimum atomic E-state index is -4.43. The summed E-state index contributed by atoms with van der Waals surface area (Å²) in [4.78, 5) is 24.3. The van der Waals surface area contributed by atoms with Gasteiger partial charge in [-0.25, -0.2) is 0 Å². The molecule has 1 aliphatic heterocycles. The minimum Gasteiger partial charge on any atom is -0.368 e. The first-order valence-electron chi connectivity index (χ1n) is 6.54. The fourth-order valence-electron chi connectivity index (χ4n) is 2.49. The highest BCUT2D eigenvalue weighted by atomic mass is 19.4. The summed E-state index contributed by atoms with van der Waals surface area (Å²) in [6, 6.07) is 1.39. The summed E-state index contributed by atoms with van der Waals surface area (Å²) in [6.45, 7) is -0.358. The Labute approximate surface area is 124 Å². The Balaban J connectivity index is 2.04. The molecule has 3 N–H and O–H groups in total. The van der Waals surface area contributed by atoms with Crippen molar-refractivity contribution in [3.8, 4) is 0 Å². The van der Waals surface area contributed by atoms with Gasteiger partial charge >= 0.3 is 6.18 Å². The molecule has 1 aromatic rings. The van der Waals surface area contributed by atoms with E-state index in [1.807, 2.05) is 0 Å². The van der Waals surface area contributed by atoms with Crippen LogP contribution in [0.1, 0.15) is 0 Å². The molecule has 0 saturated carbocycles. The third kappa shape index (κ3) is 3.75. The van der Waals surface area contributed by atoms with Crippen LogP contribution in [-0.2, 0) is 16.1 Å². The monoisotopic (exact) mass is 319 g/mol. The Kier molecular flexibility index (Phi) is 4.40. The molecule has 2 heterocycles. The number of hydrogen-bond donors (Lipinski definition) is 2. The molecule has 0 spiro atoms. The van der Waals surface area contributed by atoms with Gasteiger partial charge in [0.2, 0.25) is 11.8 Å². The van der Waals surface area contributed by atoms with Crippen LogP contribution in [0.2, 0.25) is 0 Å². The van der Waals surface area contributed by atoms with Crippen molar-refractivity contribution in [3.05, 3.63) is 12.3 Å². The van der Waals surface area contributed by atoms with E-state index in [1.165, 1.54) is 28.9 Å². The topological polar surface area (TPSA) is 93.3 Å². The highest BCUT2D eigenvalue weighted by Crippen LogP contribution is 2.37. The smallest absolute Gasteiger partial charge is 0.368 e. The first-order chi connectivity index (χ1) is 10.2. The Morgan fingerprint density at radius 1 is 1.45 bits per heavy atom. The van der Waals surface area contributed by atoms with E-state index in [0.717, 1.165) is 0 Å². The van der Waals surface area contributed by atoms with Crippen LogP contribution in [0.4, 0.5) is 19.0 Å². The molecule has 1 aliphatic rings. The van der Waals surface area contributed by atoms with Gasteiger partial charge in [0.25, 0.3) is 0 Å². The van der Waals surface area contributed by atoms with Crippen molar-refractivity contribution in [2.24, 2.45) is 17.6 Å². The summed E-state index contributed by atoms with van der Waals surface area (Å²) < 4.78 is 40.1. The minimum absolute atomic E-state index is 0.0258. The van der Waals surface area contributed by atoms with Crippen molar-refractivity contribution in [1.82, 2.24) is 14.7 Å². The van der Waals surface area contributed by atoms with E-state index in [0.29, 0.717) is 0 Å². The zero-order valence-electron chi connectivity index (χ0n) is 11.8. The average Bonchev–Trinajstić information content (AvgIpc) is 2.94. The molecule has 1 saturated heterocycles. The first kappa shape index (κ1) is 16.3. The van der Waals surface area contributed by atoms with Gasteiger partial charge in [-0.3, -0.25) is 14.3 Å². The molecule has 0 radical (unpaired) electrons. The van der Waals surface area contributed by atoms with E-state index in [9.17, 15) is 22.8 Å². The number of nitrogens with zero attached hydrogens (tertiary/aromatic N) is 3. The summed E-state index contributed by atoms with van der Waals surface area (Å²) in [5.74, 6) is -4.16. The van der Waals surface area contributed by atoms with E-state index in [4.69, 9.17) is 5.73 Å². The molecule has 2 rings (SSSR count). The van der Waals surface area contributed by atoms with Gasteiger partial charge in [0.05, 0.1) is 11.8 Å². The Hall–Kier alpha value is -2.10. The number of carbonyl (C=O) groups excluding carboxylic acids is 2. The van der Waals surface area contributed by atoms with E-state index in [2.05, 4.69) is 10.4 Å². The quantitative estimate of drug-likeness (QED) is 0.820. The van der Waals surface area contributed by atoms with Crippen molar-refractivity contribution in [2.75, 3.05) is 25.5 Å². The number of alkyl halides is 3. The molecule has 122 valence electrons. The molecule has 1 aromatic heterocycles. The van der Waals surface area contributed by atoms with Gasteiger partial charge in [0.15, 0.2) is 5.82 Å². The van der Waals surface area contributed by atoms with Crippen molar-refractivity contribution < 1.29 is 22.8 Å². The number of aromatic nitrogens is 2. The van der Waals surface area contributed by atoms with Crippen LogP contribution < -0.4 is 11.1 Å². The number of nitrogens with two attached hydrogens (primary N) is 1. The van der Waals surface area contributed by atoms with Crippen LogP contribution in [0, 0.1) is 11.8 Å². The maximum atomic E-state index is 13.0. The van der Waals surface area contributed by atoms with E-state index < -0.39 is 29.8 Å². The molecule has 0 aromatic carbocycles. The molecular weight excluding hydrogens is 303 g/mol.